The molecule has 0 aromatic carbocycles. The minimum Gasteiger partial charge on any atom is -0.369 e. The first-order valence-corrected chi connectivity index (χ1v) is 6.25. The molecular formula is C10H14F3N3S. The molecule has 1 aromatic rings. The van der Waals surface area contributed by atoms with Crippen molar-refractivity contribution in [2.75, 3.05) is 17.6 Å². The average molecular weight is 265 g/mol. The number of hydrogen-bond acceptors (Lipinski definition) is 4. The predicted molar refractivity (Wildman–Crippen MR) is 63.0 cm³/mol. The Balaban J connectivity index is 2.34. The number of aromatic nitrogens is 2. The Hall–Kier alpha value is -0.980. The van der Waals surface area contributed by atoms with E-state index in [1.165, 1.54) is 6.33 Å². The van der Waals surface area contributed by atoms with E-state index in [9.17, 15) is 13.2 Å². The molecule has 96 valence electrons. The Morgan fingerprint density at radius 2 is 2.12 bits per heavy atom. The summed E-state index contributed by atoms with van der Waals surface area (Å²) in [5, 5.41) is 2.84. The van der Waals surface area contributed by atoms with E-state index in [0.29, 0.717) is 5.82 Å². The fourth-order valence-electron chi connectivity index (χ4n) is 1.23. The highest BCUT2D eigenvalue weighted by Crippen LogP contribution is 2.29. The lowest BCUT2D eigenvalue weighted by atomic mass is 10.2. The van der Waals surface area contributed by atoms with Gasteiger partial charge in [0.15, 0.2) is 0 Å². The number of anilines is 1. The van der Waals surface area contributed by atoms with Crippen molar-refractivity contribution in [3.8, 4) is 0 Å². The molecule has 0 aliphatic heterocycles. The second-order valence-electron chi connectivity index (χ2n) is 3.37. The van der Waals surface area contributed by atoms with Crippen molar-refractivity contribution in [1.82, 2.24) is 9.97 Å². The third-order valence-corrected chi connectivity index (χ3v) is 2.64. The van der Waals surface area contributed by atoms with Crippen LogP contribution >= 0.6 is 11.8 Å². The maximum Gasteiger partial charge on any atom is 0.441 e. The zero-order valence-corrected chi connectivity index (χ0v) is 10.2. The topological polar surface area (TPSA) is 37.8 Å². The molecule has 0 radical (unpaired) electrons. The molecule has 17 heavy (non-hydrogen) atoms. The van der Waals surface area contributed by atoms with Crippen molar-refractivity contribution in [3.05, 3.63) is 18.1 Å². The maximum atomic E-state index is 11.9. The number of thioether (sulfide) groups is 1. The van der Waals surface area contributed by atoms with E-state index in [-0.39, 0.29) is 24.1 Å². The molecule has 0 aliphatic carbocycles. The van der Waals surface area contributed by atoms with Gasteiger partial charge in [-0.1, -0.05) is 13.3 Å². The zero-order chi connectivity index (χ0) is 12.7. The molecular weight excluding hydrogens is 251 g/mol. The van der Waals surface area contributed by atoms with E-state index in [2.05, 4.69) is 15.3 Å². The molecule has 1 N–H and O–H groups in total. The molecule has 3 nitrogen and oxygen atoms in total. The molecule has 0 bridgehead atoms. The largest absolute Gasteiger partial charge is 0.441 e. The summed E-state index contributed by atoms with van der Waals surface area (Å²) < 4.78 is 35.6. The highest BCUT2D eigenvalue weighted by molar-refractivity contribution is 8.00. The van der Waals surface area contributed by atoms with Gasteiger partial charge >= 0.3 is 5.51 Å². The van der Waals surface area contributed by atoms with Crippen LogP contribution in [0.2, 0.25) is 0 Å². The summed E-state index contributed by atoms with van der Waals surface area (Å²) in [4.78, 5) is 8.00. The zero-order valence-electron chi connectivity index (χ0n) is 9.42. The van der Waals surface area contributed by atoms with Gasteiger partial charge in [-0.2, -0.15) is 13.2 Å². The van der Waals surface area contributed by atoms with Crippen LogP contribution in [-0.4, -0.2) is 27.8 Å². The second kappa shape index (κ2) is 6.68. The van der Waals surface area contributed by atoms with Crippen molar-refractivity contribution in [2.45, 2.75) is 25.3 Å². The maximum absolute atomic E-state index is 11.9. The monoisotopic (exact) mass is 265 g/mol. The number of halogens is 3. The summed E-state index contributed by atoms with van der Waals surface area (Å²) in [6.07, 6.45) is 3.24. The van der Waals surface area contributed by atoms with Crippen LogP contribution in [0.4, 0.5) is 19.0 Å². The van der Waals surface area contributed by atoms with E-state index >= 15 is 0 Å². The molecule has 1 aromatic heterocycles. The second-order valence-corrected chi connectivity index (χ2v) is 4.53. The Kier molecular flexibility index (Phi) is 5.54. The molecule has 0 saturated carbocycles. The third kappa shape index (κ3) is 6.35. The first-order chi connectivity index (χ1) is 8.01. The van der Waals surface area contributed by atoms with Gasteiger partial charge in [-0.3, -0.25) is 0 Å². The Morgan fingerprint density at radius 1 is 1.35 bits per heavy atom. The number of alkyl halides is 3. The molecule has 1 rings (SSSR count). The van der Waals surface area contributed by atoms with Crippen molar-refractivity contribution < 1.29 is 13.2 Å². The van der Waals surface area contributed by atoms with Gasteiger partial charge < -0.3 is 5.32 Å². The van der Waals surface area contributed by atoms with Crippen molar-refractivity contribution in [3.63, 3.8) is 0 Å². The Labute approximate surface area is 102 Å². The fourth-order valence-corrected chi connectivity index (χ4v) is 1.67. The van der Waals surface area contributed by atoms with Crippen LogP contribution in [0.1, 0.15) is 19.0 Å². The van der Waals surface area contributed by atoms with E-state index in [1.54, 1.807) is 6.07 Å². The molecule has 0 fully saturated rings. The van der Waals surface area contributed by atoms with Crippen LogP contribution in [0.15, 0.2) is 12.4 Å². The summed E-state index contributed by atoms with van der Waals surface area (Å²) >= 11 is -0.0386. The molecule has 0 atom stereocenters. The van der Waals surface area contributed by atoms with E-state index in [0.717, 1.165) is 18.5 Å². The summed E-state index contributed by atoms with van der Waals surface area (Å²) in [6.45, 7) is 2.27. The lowest BCUT2D eigenvalue weighted by molar-refractivity contribution is -0.0327. The van der Waals surface area contributed by atoms with Crippen LogP contribution in [0.3, 0.4) is 0 Å². The summed E-state index contributed by atoms with van der Waals surface area (Å²) in [5.41, 5.74) is -3.27. The van der Waals surface area contributed by atoms with Gasteiger partial charge in [0.2, 0.25) is 0 Å². The molecule has 0 unspecified atom stereocenters. The van der Waals surface area contributed by atoms with Crippen molar-refractivity contribution in [2.24, 2.45) is 0 Å². The van der Waals surface area contributed by atoms with Gasteiger partial charge in [0.25, 0.3) is 0 Å². The number of nitrogens with one attached hydrogen (secondary N) is 1. The molecule has 7 heteroatoms. The van der Waals surface area contributed by atoms with Crippen LogP contribution in [0.25, 0.3) is 0 Å². The first-order valence-electron chi connectivity index (χ1n) is 5.26. The number of aryl methyl sites for hydroxylation is 1. The summed E-state index contributed by atoms with van der Waals surface area (Å²) in [7, 11) is 0. The van der Waals surface area contributed by atoms with E-state index < -0.39 is 5.51 Å². The van der Waals surface area contributed by atoms with Crippen LogP contribution < -0.4 is 5.32 Å². The third-order valence-electron chi connectivity index (χ3n) is 1.90. The smallest absolute Gasteiger partial charge is 0.369 e. The van der Waals surface area contributed by atoms with Gasteiger partial charge in [0.1, 0.15) is 12.1 Å². The minimum absolute atomic E-state index is 0.0311. The van der Waals surface area contributed by atoms with Crippen LogP contribution in [0, 0.1) is 0 Å². The van der Waals surface area contributed by atoms with Crippen molar-refractivity contribution >= 4 is 17.6 Å². The number of nitrogens with zero attached hydrogens (tertiary/aromatic N) is 2. The highest BCUT2D eigenvalue weighted by atomic mass is 32.2. The van der Waals surface area contributed by atoms with E-state index in [1.807, 2.05) is 6.92 Å². The number of hydrogen-bond donors (Lipinski definition) is 1. The standard InChI is InChI=1S/C10H14F3N3S/c1-2-3-8-6-9(16-7-15-8)14-4-5-17-10(11,12)13/h6-7H,2-5H2,1H3,(H,14,15,16). The normalized spacial score (nSPS) is 11.5. The van der Waals surface area contributed by atoms with Gasteiger partial charge in [0, 0.05) is 24.1 Å². The first kappa shape index (κ1) is 14.1. The highest BCUT2D eigenvalue weighted by Gasteiger charge is 2.27. The van der Waals surface area contributed by atoms with Crippen LogP contribution in [0.5, 0.6) is 0 Å². The van der Waals surface area contributed by atoms with Crippen molar-refractivity contribution in [1.29, 1.82) is 0 Å². The molecule has 0 spiro atoms. The molecule has 1 heterocycles. The van der Waals surface area contributed by atoms with Gasteiger partial charge in [-0.25, -0.2) is 9.97 Å². The van der Waals surface area contributed by atoms with Gasteiger partial charge in [-0.15, -0.1) is 0 Å². The lowest BCUT2D eigenvalue weighted by Crippen LogP contribution is -2.10. The molecule has 0 amide bonds. The molecule has 0 saturated heterocycles. The Morgan fingerprint density at radius 3 is 2.76 bits per heavy atom. The lowest BCUT2D eigenvalue weighted by Gasteiger charge is -2.07. The minimum atomic E-state index is -4.17. The summed E-state index contributed by atoms with van der Waals surface area (Å²) in [5.74, 6) is 0.544. The van der Waals surface area contributed by atoms with Crippen LogP contribution in [-0.2, 0) is 6.42 Å². The fraction of sp³-hybridized carbons (Fsp3) is 0.600. The average Bonchev–Trinajstić information content (AvgIpc) is 2.24. The quantitative estimate of drug-likeness (QED) is 0.802. The predicted octanol–water partition coefficient (Wildman–Crippen LogP) is 3.09. The molecule has 0 aliphatic rings. The number of rotatable bonds is 6. The van der Waals surface area contributed by atoms with E-state index in [4.69, 9.17) is 0 Å². The Bertz CT molecular complexity index is 344. The van der Waals surface area contributed by atoms with Gasteiger partial charge in [-0.05, 0) is 18.2 Å². The SMILES string of the molecule is CCCc1cc(NCCSC(F)(F)F)ncn1. The van der Waals surface area contributed by atoms with Gasteiger partial charge in [0.05, 0.1) is 0 Å². The summed E-state index contributed by atoms with van der Waals surface area (Å²) in [6, 6.07) is 1.77.